The van der Waals surface area contributed by atoms with E-state index < -0.39 is 5.60 Å². The SMILES string of the molecule is CCOC(=O)[C@@H]1CN(C(=O)OC(C)(C)C)CC12CC2. The van der Waals surface area contributed by atoms with Gasteiger partial charge in [-0.3, -0.25) is 4.79 Å². The second-order valence-corrected chi connectivity index (χ2v) is 6.53. The largest absolute Gasteiger partial charge is 0.466 e. The van der Waals surface area contributed by atoms with E-state index in [1.807, 2.05) is 20.8 Å². The summed E-state index contributed by atoms with van der Waals surface area (Å²) in [7, 11) is 0. The molecule has 1 saturated heterocycles. The van der Waals surface area contributed by atoms with Crippen molar-refractivity contribution >= 4 is 12.1 Å². The van der Waals surface area contributed by atoms with Crippen molar-refractivity contribution in [3.05, 3.63) is 0 Å². The van der Waals surface area contributed by atoms with Crippen molar-refractivity contribution in [2.45, 2.75) is 46.1 Å². The van der Waals surface area contributed by atoms with Crippen LogP contribution < -0.4 is 0 Å². The highest BCUT2D eigenvalue weighted by atomic mass is 16.6. The van der Waals surface area contributed by atoms with E-state index in [0.29, 0.717) is 19.7 Å². The predicted octanol–water partition coefficient (Wildman–Crippen LogP) is 2.20. The Balaban J connectivity index is 2.00. The molecule has 1 aliphatic heterocycles. The summed E-state index contributed by atoms with van der Waals surface area (Å²) in [6, 6.07) is 0. The van der Waals surface area contributed by atoms with Gasteiger partial charge in [0.15, 0.2) is 0 Å². The molecule has 1 heterocycles. The van der Waals surface area contributed by atoms with Crippen LogP contribution in [0.25, 0.3) is 0 Å². The zero-order valence-corrected chi connectivity index (χ0v) is 12.2. The maximum Gasteiger partial charge on any atom is 0.410 e. The van der Waals surface area contributed by atoms with Crippen molar-refractivity contribution in [1.82, 2.24) is 4.90 Å². The van der Waals surface area contributed by atoms with Crippen LogP contribution in [0.4, 0.5) is 4.79 Å². The Morgan fingerprint density at radius 2 is 1.95 bits per heavy atom. The maximum atomic E-state index is 12.1. The number of esters is 1. The molecule has 0 aromatic carbocycles. The van der Waals surface area contributed by atoms with Gasteiger partial charge >= 0.3 is 12.1 Å². The average molecular weight is 269 g/mol. The molecule has 1 spiro atoms. The number of hydrogen-bond donors (Lipinski definition) is 0. The smallest absolute Gasteiger partial charge is 0.410 e. The summed E-state index contributed by atoms with van der Waals surface area (Å²) in [5.74, 6) is -0.356. The van der Waals surface area contributed by atoms with Crippen molar-refractivity contribution in [3.8, 4) is 0 Å². The fraction of sp³-hybridized carbons (Fsp3) is 0.857. The Morgan fingerprint density at radius 3 is 2.42 bits per heavy atom. The zero-order chi connectivity index (χ0) is 14.3. The number of rotatable bonds is 2. The molecule has 0 aromatic rings. The summed E-state index contributed by atoms with van der Waals surface area (Å²) < 4.78 is 10.5. The third-order valence-corrected chi connectivity index (χ3v) is 3.76. The van der Waals surface area contributed by atoms with Gasteiger partial charge in [-0.1, -0.05) is 0 Å². The topological polar surface area (TPSA) is 55.8 Å². The zero-order valence-electron chi connectivity index (χ0n) is 12.2. The molecule has 1 atom stereocenters. The Labute approximate surface area is 114 Å². The normalized spacial score (nSPS) is 24.4. The van der Waals surface area contributed by atoms with Crippen LogP contribution in [0, 0.1) is 11.3 Å². The third kappa shape index (κ3) is 3.01. The van der Waals surface area contributed by atoms with Gasteiger partial charge in [0.25, 0.3) is 0 Å². The van der Waals surface area contributed by atoms with E-state index in [1.54, 1.807) is 11.8 Å². The number of carbonyl (C=O) groups is 2. The molecule has 1 saturated carbocycles. The third-order valence-electron chi connectivity index (χ3n) is 3.76. The van der Waals surface area contributed by atoms with Crippen molar-refractivity contribution < 1.29 is 19.1 Å². The monoisotopic (exact) mass is 269 g/mol. The first-order chi connectivity index (χ1) is 8.77. The molecule has 1 aliphatic carbocycles. The maximum absolute atomic E-state index is 12.1. The van der Waals surface area contributed by atoms with Gasteiger partial charge in [0.05, 0.1) is 12.5 Å². The van der Waals surface area contributed by atoms with Crippen LogP contribution in [0.2, 0.25) is 0 Å². The van der Waals surface area contributed by atoms with Gasteiger partial charge in [0.2, 0.25) is 0 Å². The van der Waals surface area contributed by atoms with Gasteiger partial charge < -0.3 is 14.4 Å². The van der Waals surface area contributed by atoms with Crippen LogP contribution in [-0.2, 0) is 14.3 Å². The van der Waals surface area contributed by atoms with E-state index in [9.17, 15) is 9.59 Å². The summed E-state index contributed by atoms with van der Waals surface area (Å²) in [4.78, 5) is 25.7. The number of likely N-dealkylation sites (tertiary alicyclic amines) is 1. The van der Waals surface area contributed by atoms with Crippen molar-refractivity contribution in [1.29, 1.82) is 0 Å². The van der Waals surface area contributed by atoms with E-state index in [1.165, 1.54) is 0 Å². The molecule has 5 nitrogen and oxygen atoms in total. The molecule has 2 fully saturated rings. The van der Waals surface area contributed by atoms with Gasteiger partial charge in [-0.25, -0.2) is 4.79 Å². The predicted molar refractivity (Wildman–Crippen MR) is 69.6 cm³/mol. The number of ether oxygens (including phenoxy) is 2. The molecule has 0 bridgehead atoms. The molecule has 0 unspecified atom stereocenters. The van der Waals surface area contributed by atoms with Crippen LogP contribution in [0.15, 0.2) is 0 Å². The molecule has 5 heteroatoms. The summed E-state index contributed by atoms with van der Waals surface area (Å²) >= 11 is 0. The first-order valence-electron chi connectivity index (χ1n) is 6.92. The van der Waals surface area contributed by atoms with E-state index in [4.69, 9.17) is 9.47 Å². The van der Waals surface area contributed by atoms with Crippen LogP contribution in [0.5, 0.6) is 0 Å². The minimum Gasteiger partial charge on any atom is -0.466 e. The van der Waals surface area contributed by atoms with Crippen molar-refractivity contribution in [2.75, 3.05) is 19.7 Å². The fourth-order valence-corrected chi connectivity index (χ4v) is 2.67. The minimum absolute atomic E-state index is 0.0385. The Morgan fingerprint density at radius 1 is 1.32 bits per heavy atom. The fourth-order valence-electron chi connectivity index (χ4n) is 2.67. The second kappa shape index (κ2) is 4.69. The summed E-state index contributed by atoms with van der Waals surface area (Å²) in [6.45, 7) is 8.76. The van der Waals surface area contributed by atoms with Gasteiger partial charge in [-0.05, 0) is 40.5 Å². The second-order valence-electron chi connectivity index (χ2n) is 6.53. The molecule has 0 N–H and O–H groups in total. The summed E-state index contributed by atoms with van der Waals surface area (Å²) in [5.41, 5.74) is -0.543. The lowest BCUT2D eigenvalue weighted by molar-refractivity contribution is -0.149. The van der Waals surface area contributed by atoms with E-state index in [-0.39, 0.29) is 23.4 Å². The van der Waals surface area contributed by atoms with Crippen LogP contribution in [-0.4, -0.2) is 42.3 Å². The number of carbonyl (C=O) groups excluding carboxylic acids is 2. The van der Waals surface area contributed by atoms with Crippen LogP contribution in [0.3, 0.4) is 0 Å². The lowest BCUT2D eigenvalue weighted by Crippen LogP contribution is -2.36. The van der Waals surface area contributed by atoms with Gasteiger partial charge in [0, 0.05) is 18.5 Å². The van der Waals surface area contributed by atoms with Crippen LogP contribution in [0.1, 0.15) is 40.5 Å². The molecular formula is C14H23NO4. The van der Waals surface area contributed by atoms with E-state index in [0.717, 1.165) is 12.8 Å². The Kier molecular flexibility index (Phi) is 3.49. The molecular weight excluding hydrogens is 246 g/mol. The molecule has 0 radical (unpaired) electrons. The molecule has 108 valence electrons. The highest BCUT2D eigenvalue weighted by Gasteiger charge is 2.59. The average Bonchev–Trinajstić information content (AvgIpc) is 2.89. The van der Waals surface area contributed by atoms with Crippen molar-refractivity contribution in [2.24, 2.45) is 11.3 Å². The van der Waals surface area contributed by atoms with Gasteiger partial charge in [0.1, 0.15) is 5.60 Å². The highest BCUT2D eigenvalue weighted by molar-refractivity contribution is 5.77. The standard InChI is InChI=1S/C14H23NO4/c1-5-18-11(16)10-8-15(9-14(10)6-7-14)12(17)19-13(2,3)4/h10H,5-9H2,1-4H3/t10-/m0/s1. The molecule has 19 heavy (non-hydrogen) atoms. The van der Waals surface area contributed by atoms with E-state index in [2.05, 4.69) is 0 Å². The lowest BCUT2D eigenvalue weighted by Gasteiger charge is -2.24. The Bertz CT molecular complexity index is 381. The molecule has 2 rings (SSSR count). The summed E-state index contributed by atoms with van der Waals surface area (Å²) in [5, 5.41) is 0. The number of hydrogen-bond acceptors (Lipinski definition) is 4. The number of amides is 1. The summed E-state index contributed by atoms with van der Waals surface area (Å²) in [6.07, 6.45) is 1.66. The highest BCUT2D eigenvalue weighted by Crippen LogP contribution is 2.56. The lowest BCUT2D eigenvalue weighted by atomic mass is 9.93. The first-order valence-corrected chi connectivity index (χ1v) is 6.92. The Hall–Kier alpha value is -1.26. The number of nitrogens with zero attached hydrogens (tertiary/aromatic N) is 1. The minimum atomic E-state index is -0.504. The first kappa shape index (κ1) is 14.2. The van der Waals surface area contributed by atoms with Gasteiger partial charge in [-0.2, -0.15) is 0 Å². The quantitative estimate of drug-likeness (QED) is 0.721. The van der Waals surface area contributed by atoms with Crippen molar-refractivity contribution in [3.63, 3.8) is 0 Å². The molecule has 2 aliphatic rings. The van der Waals surface area contributed by atoms with E-state index >= 15 is 0 Å². The molecule has 1 amide bonds. The van der Waals surface area contributed by atoms with Gasteiger partial charge in [-0.15, -0.1) is 0 Å². The van der Waals surface area contributed by atoms with Crippen LogP contribution >= 0.6 is 0 Å². The molecule has 0 aromatic heterocycles.